The van der Waals surface area contributed by atoms with Crippen LogP contribution in [0.15, 0.2) is 54.7 Å². The van der Waals surface area contributed by atoms with Gasteiger partial charge in [-0.25, -0.2) is 14.2 Å². The van der Waals surface area contributed by atoms with Gasteiger partial charge in [0.25, 0.3) is 0 Å². The summed E-state index contributed by atoms with van der Waals surface area (Å²) in [6.45, 7) is 0.431. The molecule has 0 unspecified atom stereocenters. The van der Waals surface area contributed by atoms with Crippen molar-refractivity contribution in [2.24, 2.45) is 0 Å². The van der Waals surface area contributed by atoms with Crippen molar-refractivity contribution in [3.63, 3.8) is 0 Å². The molecule has 4 nitrogen and oxygen atoms in total. The van der Waals surface area contributed by atoms with E-state index in [1.807, 2.05) is 6.07 Å². The molecule has 0 spiro atoms. The minimum atomic E-state index is -0.961. The van der Waals surface area contributed by atoms with Crippen LogP contribution in [-0.4, -0.2) is 16.1 Å². The third kappa shape index (κ3) is 2.74. The quantitative estimate of drug-likeness (QED) is 0.771. The molecule has 3 aromatic rings. The summed E-state index contributed by atoms with van der Waals surface area (Å²) in [5.74, 6) is -0.815. The lowest BCUT2D eigenvalue weighted by molar-refractivity contribution is 0.0697. The topological polar surface area (TPSA) is 62.2 Å². The molecule has 0 radical (unpaired) electrons. The number of nitrogens with one attached hydrogen (secondary N) is 1. The number of aromatic carboxylic acids is 1. The lowest BCUT2D eigenvalue weighted by Crippen LogP contribution is -2.03. The molecule has 2 aromatic carbocycles. The van der Waals surface area contributed by atoms with E-state index < -0.39 is 5.97 Å². The summed E-state index contributed by atoms with van der Waals surface area (Å²) in [6.07, 6.45) is 1.62. The second-order valence-corrected chi connectivity index (χ2v) is 4.85. The van der Waals surface area contributed by atoms with E-state index in [0.29, 0.717) is 17.7 Å². The fourth-order valence-electron chi connectivity index (χ4n) is 2.27. The standard InChI is InChI=1S/C17H13FN2O2/c18-14-3-1-2-12-8-9-19-16(15(12)14)20-10-11-4-6-13(7-5-11)17(21)22/h1-9H,10H2,(H,19,20)(H,21,22). The molecular weight excluding hydrogens is 283 g/mol. The summed E-state index contributed by atoms with van der Waals surface area (Å²) in [7, 11) is 0. The van der Waals surface area contributed by atoms with Gasteiger partial charge in [-0.05, 0) is 35.2 Å². The first-order chi connectivity index (χ1) is 10.6. The second-order valence-electron chi connectivity index (χ2n) is 4.85. The van der Waals surface area contributed by atoms with Crippen molar-refractivity contribution in [1.82, 2.24) is 4.98 Å². The largest absolute Gasteiger partial charge is 0.478 e. The Kier molecular flexibility index (Phi) is 3.70. The molecule has 2 N–H and O–H groups in total. The van der Waals surface area contributed by atoms with Crippen LogP contribution in [0.2, 0.25) is 0 Å². The first-order valence-corrected chi connectivity index (χ1v) is 6.74. The summed E-state index contributed by atoms with van der Waals surface area (Å²) in [5, 5.41) is 13.2. The Morgan fingerprint density at radius 2 is 1.91 bits per heavy atom. The number of fused-ring (bicyclic) bond motifs is 1. The zero-order valence-electron chi connectivity index (χ0n) is 11.6. The summed E-state index contributed by atoms with van der Waals surface area (Å²) in [5.41, 5.74) is 1.12. The third-order valence-corrected chi connectivity index (χ3v) is 3.40. The van der Waals surface area contributed by atoms with Crippen molar-refractivity contribution in [3.8, 4) is 0 Å². The number of nitrogens with zero attached hydrogens (tertiary/aromatic N) is 1. The van der Waals surface area contributed by atoms with Crippen LogP contribution in [0.25, 0.3) is 10.8 Å². The molecule has 110 valence electrons. The molecule has 1 heterocycles. The van der Waals surface area contributed by atoms with Gasteiger partial charge in [-0.3, -0.25) is 0 Å². The van der Waals surface area contributed by atoms with Gasteiger partial charge in [0.15, 0.2) is 0 Å². The number of carboxylic acid groups (broad SMARTS) is 1. The van der Waals surface area contributed by atoms with E-state index in [-0.39, 0.29) is 11.4 Å². The number of carboxylic acids is 1. The zero-order chi connectivity index (χ0) is 15.5. The minimum Gasteiger partial charge on any atom is -0.478 e. The Bertz CT molecular complexity index is 826. The maximum atomic E-state index is 14.0. The van der Waals surface area contributed by atoms with Crippen molar-refractivity contribution in [3.05, 3.63) is 71.7 Å². The van der Waals surface area contributed by atoms with E-state index in [1.165, 1.54) is 18.2 Å². The van der Waals surface area contributed by atoms with E-state index in [2.05, 4.69) is 10.3 Å². The van der Waals surface area contributed by atoms with Crippen LogP contribution in [0.4, 0.5) is 10.2 Å². The van der Waals surface area contributed by atoms with Gasteiger partial charge >= 0.3 is 5.97 Å². The van der Waals surface area contributed by atoms with Gasteiger partial charge in [0.2, 0.25) is 0 Å². The van der Waals surface area contributed by atoms with Crippen LogP contribution < -0.4 is 5.32 Å². The Hall–Kier alpha value is -2.95. The fraction of sp³-hybridized carbons (Fsp3) is 0.0588. The highest BCUT2D eigenvalue weighted by Crippen LogP contribution is 2.24. The van der Waals surface area contributed by atoms with E-state index in [0.717, 1.165) is 10.9 Å². The van der Waals surface area contributed by atoms with Crippen molar-refractivity contribution in [1.29, 1.82) is 0 Å². The maximum absolute atomic E-state index is 14.0. The Labute approximate surface area is 126 Å². The number of halogens is 1. The SMILES string of the molecule is O=C(O)c1ccc(CNc2nccc3cccc(F)c23)cc1. The molecule has 0 saturated carbocycles. The molecular formula is C17H13FN2O2. The molecule has 0 aliphatic carbocycles. The highest BCUT2D eigenvalue weighted by Gasteiger charge is 2.07. The van der Waals surface area contributed by atoms with E-state index >= 15 is 0 Å². The van der Waals surface area contributed by atoms with Gasteiger partial charge in [0.05, 0.1) is 10.9 Å². The van der Waals surface area contributed by atoms with Gasteiger partial charge in [0.1, 0.15) is 11.6 Å². The number of carbonyl (C=O) groups is 1. The normalized spacial score (nSPS) is 10.6. The number of rotatable bonds is 4. The number of anilines is 1. The minimum absolute atomic E-state index is 0.234. The van der Waals surface area contributed by atoms with Gasteiger partial charge in [0, 0.05) is 12.7 Å². The maximum Gasteiger partial charge on any atom is 0.335 e. The highest BCUT2D eigenvalue weighted by atomic mass is 19.1. The lowest BCUT2D eigenvalue weighted by Gasteiger charge is -2.09. The van der Waals surface area contributed by atoms with Gasteiger partial charge < -0.3 is 10.4 Å². The molecule has 0 aliphatic heterocycles. The summed E-state index contributed by atoms with van der Waals surface area (Å²) in [4.78, 5) is 15.0. The lowest BCUT2D eigenvalue weighted by atomic mass is 10.1. The van der Waals surface area contributed by atoms with Crippen LogP contribution in [-0.2, 0) is 6.54 Å². The Morgan fingerprint density at radius 3 is 2.64 bits per heavy atom. The van der Waals surface area contributed by atoms with Crippen molar-refractivity contribution in [2.75, 3.05) is 5.32 Å². The molecule has 0 fully saturated rings. The van der Waals surface area contributed by atoms with Crippen molar-refractivity contribution in [2.45, 2.75) is 6.54 Å². The van der Waals surface area contributed by atoms with Gasteiger partial charge in [-0.2, -0.15) is 0 Å². The number of benzene rings is 2. The van der Waals surface area contributed by atoms with E-state index in [1.54, 1.807) is 30.5 Å². The molecule has 3 rings (SSSR count). The zero-order valence-corrected chi connectivity index (χ0v) is 11.6. The first kappa shape index (κ1) is 14.0. The molecule has 0 amide bonds. The number of hydrogen-bond acceptors (Lipinski definition) is 3. The molecule has 0 bridgehead atoms. The van der Waals surface area contributed by atoms with Crippen LogP contribution in [0.3, 0.4) is 0 Å². The summed E-state index contributed by atoms with van der Waals surface area (Å²) in [6, 6.07) is 13.2. The smallest absolute Gasteiger partial charge is 0.335 e. The van der Waals surface area contributed by atoms with Crippen molar-refractivity contribution >= 4 is 22.6 Å². The average Bonchev–Trinajstić information content (AvgIpc) is 2.53. The van der Waals surface area contributed by atoms with Crippen LogP contribution in [0.1, 0.15) is 15.9 Å². The molecule has 0 saturated heterocycles. The fourth-order valence-corrected chi connectivity index (χ4v) is 2.27. The van der Waals surface area contributed by atoms with Crippen LogP contribution in [0.5, 0.6) is 0 Å². The summed E-state index contributed by atoms with van der Waals surface area (Å²) >= 11 is 0. The van der Waals surface area contributed by atoms with E-state index in [4.69, 9.17) is 5.11 Å². The van der Waals surface area contributed by atoms with Crippen molar-refractivity contribution < 1.29 is 14.3 Å². The highest BCUT2D eigenvalue weighted by molar-refractivity contribution is 5.92. The summed E-state index contributed by atoms with van der Waals surface area (Å²) < 4.78 is 14.0. The van der Waals surface area contributed by atoms with Gasteiger partial charge in [-0.15, -0.1) is 0 Å². The monoisotopic (exact) mass is 296 g/mol. The third-order valence-electron chi connectivity index (χ3n) is 3.40. The molecule has 22 heavy (non-hydrogen) atoms. The molecule has 0 aliphatic rings. The average molecular weight is 296 g/mol. The molecule has 1 aromatic heterocycles. The number of aromatic nitrogens is 1. The predicted octanol–water partition coefficient (Wildman–Crippen LogP) is 3.68. The Balaban J connectivity index is 1.83. The predicted molar refractivity (Wildman–Crippen MR) is 82.4 cm³/mol. The Morgan fingerprint density at radius 1 is 1.14 bits per heavy atom. The number of pyridine rings is 1. The van der Waals surface area contributed by atoms with Crippen LogP contribution in [0, 0.1) is 5.82 Å². The second kappa shape index (κ2) is 5.81. The van der Waals surface area contributed by atoms with Gasteiger partial charge in [-0.1, -0.05) is 24.3 Å². The molecule has 5 heteroatoms. The molecule has 0 atom stereocenters. The van der Waals surface area contributed by atoms with Crippen LogP contribution >= 0.6 is 0 Å². The number of hydrogen-bond donors (Lipinski definition) is 2. The van der Waals surface area contributed by atoms with E-state index in [9.17, 15) is 9.18 Å². The first-order valence-electron chi connectivity index (χ1n) is 6.74.